The van der Waals surface area contributed by atoms with Crippen LogP contribution in [0.4, 0.5) is 0 Å². The molecule has 0 bridgehead atoms. The van der Waals surface area contributed by atoms with Crippen molar-refractivity contribution in [1.82, 2.24) is 5.32 Å². The molecule has 1 aromatic carbocycles. The van der Waals surface area contributed by atoms with Crippen molar-refractivity contribution in [3.63, 3.8) is 0 Å². The Kier molecular flexibility index (Phi) is 2.03. The van der Waals surface area contributed by atoms with Gasteiger partial charge in [0.25, 0.3) is 0 Å². The molecule has 72 valence electrons. The molecule has 0 unspecified atom stereocenters. The fourth-order valence-electron chi connectivity index (χ4n) is 1.87. The van der Waals surface area contributed by atoms with Gasteiger partial charge in [0, 0.05) is 13.1 Å². The Morgan fingerprint density at radius 1 is 1.57 bits per heavy atom. The second-order valence-corrected chi connectivity index (χ2v) is 3.86. The summed E-state index contributed by atoms with van der Waals surface area (Å²) in [7, 11) is 0. The molecule has 0 amide bonds. The van der Waals surface area contributed by atoms with E-state index in [1.807, 2.05) is 12.1 Å². The number of nitrogens with zero attached hydrogens (tertiary/aromatic N) is 1. The molecule has 0 saturated carbocycles. The monoisotopic (exact) mass is 188 g/mol. The van der Waals surface area contributed by atoms with Crippen LogP contribution in [0.1, 0.15) is 23.6 Å². The maximum Gasteiger partial charge on any atom is 0.0995 e. The third-order valence-corrected chi connectivity index (χ3v) is 2.60. The molecule has 1 aliphatic rings. The smallest absolute Gasteiger partial charge is 0.0995 e. The molecule has 14 heavy (non-hydrogen) atoms. The van der Waals surface area contributed by atoms with Gasteiger partial charge in [-0.05, 0) is 30.2 Å². The highest BCUT2D eigenvalue weighted by atomic mass is 16.3. The molecule has 1 atom stereocenters. The predicted molar refractivity (Wildman–Crippen MR) is 52.4 cm³/mol. The predicted octanol–water partition coefficient (Wildman–Crippen LogP) is 0.869. The van der Waals surface area contributed by atoms with Gasteiger partial charge in [0.05, 0.1) is 17.2 Å². The Labute approximate surface area is 83.0 Å². The van der Waals surface area contributed by atoms with Gasteiger partial charge in [-0.2, -0.15) is 5.26 Å². The number of nitrogens with one attached hydrogen (secondary N) is 1. The molecule has 0 saturated heterocycles. The second kappa shape index (κ2) is 3.09. The number of rotatable bonds is 0. The molecule has 3 nitrogen and oxygen atoms in total. The van der Waals surface area contributed by atoms with Crippen LogP contribution in [0, 0.1) is 11.3 Å². The number of β-amino-alcohol motifs (C(OH)–C–C–N with tert-alkyl or cyclic N) is 1. The van der Waals surface area contributed by atoms with Crippen LogP contribution in [0.25, 0.3) is 0 Å². The number of nitriles is 1. The lowest BCUT2D eigenvalue weighted by Crippen LogP contribution is -2.40. The van der Waals surface area contributed by atoms with Gasteiger partial charge in [-0.15, -0.1) is 0 Å². The summed E-state index contributed by atoms with van der Waals surface area (Å²) >= 11 is 0. The fraction of sp³-hybridized carbons (Fsp3) is 0.364. The first kappa shape index (κ1) is 9.20. The van der Waals surface area contributed by atoms with E-state index in [4.69, 9.17) is 5.26 Å². The minimum Gasteiger partial charge on any atom is -0.384 e. The van der Waals surface area contributed by atoms with Crippen molar-refractivity contribution in [2.45, 2.75) is 19.1 Å². The van der Waals surface area contributed by atoms with Crippen LogP contribution < -0.4 is 5.32 Å². The topological polar surface area (TPSA) is 56.0 Å². The van der Waals surface area contributed by atoms with Gasteiger partial charge in [0.15, 0.2) is 0 Å². The number of hydrogen-bond acceptors (Lipinski definition) is 3. The van der Waals surface area contributed by atoms with E-state index in [1.165, 1.54) is 0 Å². The van der Waals surface area contributed by atoms with Crippen LogP contribution in [0.3, 0.4) is 0 Å². The number of aliphatic hydroxyl groups is 1. The number of fused-ring (bicyclic) bond motifs is 1. The quantitative estimate of drug-likeness (QED) is 0.635. The molecule has 2 N–H and O–H groups in total. The standard InChI is InChI=1S/C11H12N2O/c1-11(14)7-13-6-9-4-8(5-12)2-3-10(9)11/h2-4,13-14H,6-7H2,1H3/t11-/m1/s1. The van der Waals surface area contributed by atoms with E-state index in [0.29, 0.717) is 12.1 Å². The summed E-state index contributed by atoms with van der Waals surface area (Å²) < 4.78 is 0. The minimum absolute atomic E-state index is 0.561. The van der Waals surface area contributed by atoms with E-state index in [0.717, 1.165) is 17.7 Å². The SMILES string of the molecule is C[C@@]1(O)CNCc2cc(C#N)ccc21. The van der Waals surface area contributed by atoms with Crippen molar-refractivity contribution in [2.24, 2.45) is 0 Å². The molecule has 0 aromatic heterocycles. The zero-order valence-electron chi connectivity index (χ0n) is 8.04. The third-order valence-electron chi connectivity index (χ3n) is 2.60. The van der Waals surface area contributed by atoms with Gasteiger partial charge < -0.3 is 10.4 Å². The van der Waals surface area contributed by atoms with Gasteiger partial charge in [-0.1, -0.05) is 6.07 Å². The van der Waals surface area contributed by atoms with Crippen LogP contribution in [-0.2, 0) is 12.1 Å². The van der Waals surface area contributed by atoms with E-state index < -0.39 is 5.60 Å². The normalized spacial score (nSPS) is 25.2. The Morgan fingerprint density at radius 2 is 2.36 bits per heavy atom. The van der Waals surface area contributed by atoms with E-state index in [9.17, 15) is 5.11 Å². The number of benzene rings is 1. The van der Waals surface area contributed by atoms with Crippen molar-refractivity contribution in [2.75, 3.05) is 6.54 Å². The molecule has 1 aliphatic heterocycles. The zero-order valence-corrected chi connectivity index (χ0v) is 8.04. The first-order valence-electron chi connectivity index (χ1n) is 4.60. The maximum atomic E-state index is 10.0. The minimum atomic E-state index is -0.818. The molecule has 1 aromatic rings. The molecule has 0 radical (unpaired) electrons. The Morgan fingerprint density at radius 3 is 3.07 bits per heavy atom. The summed E-state index contributed by atoms with van der Waals surface area (Å²) in [6, 6.07) is 7.51. The summed E-state index contributed by atoms with van der Waals surface area (Å²) in [4.78, 5) is 0. The van der Waals surface area contributed by atoms with Crippen molar-refractivity contribution in [1.29, 1.82) is 5.26 Å². The van der Waals surface area contributed by atoms with Gasteiger partial charge in [0.2, 0.25) is 0 Å². The van der Waals surface area contributed by atoms with Crippen LogP contribution in [0.2, 0.25) is 0 Å². The molecule has 3 heteroatoms. The van der Waals surface area contributed by atoms with E-state index in [-0.39, 0.29) is 0 Å². The fourth-order valence-corrected chi connectivity index (χ4v) is 1.87. The first-order valence-corrected chi connectivity index (χ1v) is 4.60. The van der Waals surface area contributed by atoms with Gasteiger partial charge in [0.1, 0.15) is 0 Å². The van der Waals surface area contributed by atoms with E-state index in [2.05, 4.69) is 11.4 Å². The molecule has 0 aliphatic carbocycles. The average molecular weight is 188 g/mol. The summed E-state index contributed by atoms with van der Waals surface area (Å²) in [6.45, 7) is 3.07. The summed E-state index contributed by atoms with van der Waals surface area (Å²) in [5.74, 6) is 0. The third kappa shape index (κ3) is 1.39. The van der Waals surface area contributed by atoms with Gasteiger partial charge in [-0.25, -0.2) is 0 Å². The lowest BCUT2D eigenvalue weighted by atomic mass is 9.87. The van der Waals surface area contributed by atoms with Crippen LogP contribution in [0.5, 0.6) is 0 Å². The first-order chi connectivity index (χ1) is 6.63. The Bertz CT molecular complexity index is 404. The van der Waals surface area contributed by atoms with E-state index >= 15 is 0 Å². The molecule has 0 fully saturated rings. The van der Waals surface area contributed by atoms with Crippen molar-refractivity contribution >= 4 is 0 Å². The molecule has 1 heterocycles. The maximum absolute atomic E-state index is 10.0. The van der Waals surface area contributed by atoms with Crippen molar-refractivity contribution in [3.05, 3.63) is 34.9 Å². The molecular weight excluding hydrogens is 176 g/mol. The number of hydrogen-bond donors (Lipinski definition) is 2. The van der Waals surface area contributed by atoms with Gasteiger partial charge >= 0.3 is 0 Å². The lowest BCUT2D eigenvalue weighted by Gasteiger charge is -2.31. The van der Waals surface area contributed by atoms with E-state index in [1.54, 1.807) is 13.0 Å². The summed E-state index contributed by atoms with van der Waals surface area (Å²) in [5.41, 5.74) is 1.76. The highest BCUT2D eigenvalue weighted by Crippen LogP contribution is 2.27. The highest BCUT2D eigenvalue weighted by molar-refractivity contribution is 5.41. The summed E-state index contributed by atoms with van der Waals surface area (Å²) in [6.07, 6.45) is 0. The Balaban J connectivity index is 2.53. The molecule has 0 spiro atoms. The van der Waals surface area contributed by atoms with Crippen LogP contribution >= 0.6 is 0 Å². The average Bonchev–Trinajstić information content (AvgIpc) is 2.16. The Hall–Kier alpha value is -1.37. The second-order valence-electron chi connectivity index (χ2n) is 3.86. The summed E-state index contributed by atoms with van der Waals surface area (Å²) in [5, 5.41) is 21.9. The molecule has 2 rings (SSSR count). The van der Waals surface area contributed by atoms with Crippen LogP contribution in [0.15, 0.2) is 18.2 Å². The van der Waals surface area contributed by atoms with Crippen molar-refractivity contribution < 1.29 is 5.11 Å². The lowest BCUT2D eigenvalue weighted by molar-refractivity contribution is 0.0488. The highest BCUT2D eigenvalue weighted by Gasteiger charge is 2.28. The van der Waals surface area contributed by atoms with Crippen molar-refractivity contribution in [3.8, 4) is 6.07 Å². The zero-order chi connectivity index (χ0) is 10.2. The largest absolute Gasteiger partial charge is 0.384 e. The molecular formula is C11H12N2O. The van der Waals surface area contributed by atoms with Crippen LogP contribution in [-0.4, -0.2) is 11.7 Å². The van der Waals surface area contributed by atoms with Gasteiger partial charge in [-0.3, -0.25) is 0 Å².